The first-order chi connectivity index (χ1) is 16.4. The van der Waals surface area contributed by atoms with Gasteiger partial charge in [0.1, 0.15) is 19.5 Å². The van der Waals surface area contributed by atoms with Crippen molar-refractivity contribution in [3.63, 3.8) is 0 Å². The predicted molar refractivity (Wildman–Crippen MR) is 131 cm³/mol. The normalized spacial score (nSPS) is 13.5. The molecule has 34 heavy (non-hydrogen) atoms. The molecule has 3 aromatic rings. The molecule has 2 aromatic heterocycles. The smallest absolute Gasteiger partial charge is 0.316 e. The summed E-state index contributed by atoms with van der Waals surface area (Å²) in [5.74, 6) is 0.671. The Morgan fingerprint density at radius 3 is 2.44 bits per heavy atom. The van der Waals surface area contributed by atoms with Crippen LogP contribution in [0.4, 0.5) is 5.82 Å². The highest BCUT2D eigenvalue weighted by atomic mass is 35.5. The van der Waals surface area contributed by atoms with Gasteiger partial charge in [-0.15, -0.1) is 11.8 Å². The van der Waals surface area contributed by atoms with Crippen LogP contribution < -0.4 is 18.9 Å². The SMILES string of the molecule is CSc1cnc(OCCOc2ncnc(NS(=O)(=O)NCC3CC3)c2-c2ccc(Cl)cc2)nc1. The highest BCUT2D eigenvalue weighted by Gasteiger charge is 2.25. The molecule has 13 heteroatoms. The minimum Gasteiger partial charge on any atom is -0.473 e. The number of benzene rings is 1. The molecule has 0 spiro atoms. The fourth-order valence-corrected chi connectivity index (χ4v) is 4.28. The molecule has 1 saturated carbocycles. The van der Waals surface area contributed by atoms with E-state index < -0.39 is 10.2 Å². The van der Waals surface area contributed by atoms with E-state index in [9.17, 15) is 8.42 Å². The number of anilines is 1. The van der Waals surface area contributed by atoms with E-state index in [0.717, 1.165) is 17.7 Å². The van der Waals surface area contributed by atoms with Crippen LogP contribution in [-0.4, -0.2) is 54.4 Å². The van der Waals surface area contributed by atoms with Crippen molar-refractivity contribution in [2.75, 3.05) is 30.7 Å². The largest absolute Gasteiger partial charge is 0.473 e. The van der Waals surface area contributed by atoms with Gasteiger partial charge < -0.3 is 9.47 Å². The number of nitrogens with zero attached hydrogens (tertiary/aromatic N) is 4. The summed E-state index contributed by atoms with van der Waals surface area (Å²) in [5.41, 5.74) is 1.02. The van der Waals surface area contributed by atoms with Gasteiger partial charge in [0, 0.05) is 28.9 Å². The van der Waals surface area contributed by atoms with Crippen molar-refractivity contribution in [3.8, 4) is 23.0 Å². The molecule has 0 atom stereocenters. The quantitative estimate of drug-likeness (QED) is 0.271. The summed E-state index contributed by atoms with van der Waals surface area (Å²) in [4.78, 5) is 17.5. The number of nitrogens with one attached hydrogen (secondary N) is 2. The van der Waals surface area contributed by atoms with Crippen LogP contribution in [0.3, 0.4) is 0 Å². The number of rotatable bonds is 12. The lowest BCUT2D eigenvalue weighted by Crippen LogP contribution is -2.32. The molecule has 0 bridgehead atoms. The molecule has 10 nitrogen and oxygen atoms in total. The van der Waals surface area contributed by atoms with Crippen molar-refractivity contribution >= 4 is 39.4 Å². The number of hydrogen-bond acceptors (Lipinski definition) is 9. The highest BCUT2D eigenvalue weighted by molar-refractivity contribution is 7.98. The zero-order chi connectivity index (χ0) is 24.0. The van der Waals surface area contributed by atoms with Gasteiger partial charge in [0.2, 0.25) is 5.88 Å². The molecule has 1 fully saturated rings. The predicted octanol–water partition coefficient (Wildman–Crippen LogP) is 3.42. The molecule has 4 rings (SSSR count). The van der Waals surface area contributed by atoms with Gasteiger partial charge in [-0.1, -0.05) is 23.7 Å². The summed E-state index contributed by atoms with van der Waals surface area (Å²) in [5, 5.41) is 0.539. The van der Waals surface area contributed by atoms with Crippen molar-refractivity contribution in [1.29, 1.82) is 0 Å². The molecule has 1 aliphatic rings. The molecule has 1 aliphatic carbocycles. The molecule has 0 unspecified atom stereocenters. The third kappa shape index (κ3) is 6.92. The Labute approximate surface area is 207 Å². The van der Waals surface area contributed by atoms with Crippen LogP contribution >= 0.6 is 23.4 Å². The van der Waals surface area contributed by atoms with E-state index in [1.54, 1.807) is 36.7 Å². The summed E-state index contributed by atoms with van der Waals surface area (Å²) in [7, 11) is -3.83. The van der Waals surface area contributed by atoms with Crippen molar-refractivity contribution in [1.82, 2.24) is 24.7 Å². The summed E-state index contributed by atoms with van der Waals surface area (Å²) in [6.07, 6.45) is 8.57. The van der Waals surface area contributed by atoms with Crippen LogP contribution in [-0.2, 0) is 10.2 Å². The fourth-order valence-electron chi connectivity index (χ4n) is 2.90. The summed E-state index contributed by atoms with van der Waals surface area (Å²) in [6, 6.07) is 7.09. The second-order valence-corrected chi connectivity index (χ2v) is 10.2. The molecule has 0 aliphatic heterocycles. The zero-order valence-electron chi connectivity index (χ0n) is 18.3. The molecule has 2 heterocycles. The maximum absolute atomic E-state index is 12.6. The lowest BCUT2D eigenvalue weighted by molar-refractivity contribution is 0.201. The minimum atomic E-state index is -3.83. The Morgan fingerprint density at radius 2 is 1.76 bits per heavy atom. The van der Waals surface area contributed by atoms with Crippen molar-refractivity contribution in [2.45, 2.75) is 17.7 Å². The average molecular weight is 523 g/mol. The highest BCUT2D eigenvalue weighted by Crippen LogP contribution is 2.35. The van der Waals surface area contributed by atoms with E-state index in [-0.39, 0.29) is 30.9 Å². The van der Waals surface area contributed by atoms with Crippen molar-refractivity contribution in [2.24, 2.45) is 5.92 Å². The zero-order valence-corrected chi connectivity index (χ0v) is 20.7. The van der Waals surface area contributed by atoms with Crippen LogP contribution in [0.15, 0.2) is 47.9 Å². The number of thioether (sulfide) groups is 1. The Hall–Kier alpha value is -2.67. The first kappa shape index (κ1) is 24.5. The third-order valence-corrected chi connectivity index (χ3v) is 6.77. The number of ether oxygens (including phenoxy) is 2. The standard InChI is InChI=1S/C21H23ClN6O4S2/c1-33-17-11-23-21(24-12-17)32-9-8-31-20-18(15-4-6-16(22)7-5-15)19(25-13-26-20)28-34(29,30)27-10-14-2-3-14/h4-7,11-14,27H,2-3,8-10H2,1H3,(H,25,26,28). The van der Waals surface area contributed by atoms with E-state index in [0.29, 0.717) is 28.6 Å². The van der Waals surface area contributed by atoms with E-state index in [1.807, 2.05) is 6.26 Å². The Balaban J connectivity index is 1.49. The van der Waals surface area contributed by atoms with Crippen LogP contribution in [0.25, 0.3) is 11.1 Å². The molecule has 0 radical (unpaired) electrons. The van der Waals surface area contributed by atoms with Crippen LogP contribution in [0.5, 0.6) is 11.9 Å². The van der Waals surface area contributed by atoms with Gasteiger partial charge in [0.15, 0.2) is 5.82 Å². The average Bonchev–Trinajstić information content (AvgIpc) is 3.66. The lowest BCUT2D eigenvalue weighted by Gasteiger charge is -2.16. The first-order valence-electron chi connectivity index (χ1n) is 10.4. The van der Waals surface area contributed by atoms with Gasteiger partial charge in [-0.3, -0.25) is 4.72 Å². The molecular formula is C21H23ClN6O4S2. The van der Waals surface area contributed by atoms with Gasteiger partial charge in [-0.25, -0.2) is 19.9 Å². The van der Waals surface area contributed by atoms with Crippen LogP contribution in [0.1, 0.15) is 12.8 Å². The van der Waals surface area contributed by atoms with Crippen molar-refractivity contribution < 1.29 is 17.9 Å². The molecule has 1 aromatic carbocycles. The first-order valence-corrected chi connectivity index (χ1v) is 13.5. The maximum Gasteiger partial charge on any atom is 0.316 e. The van der Waals surface area contributed by atoms with E-state index >= 15 is 0 Å². The van der Waals surface area contributed by atoms with E-state index in [4.69, 9.17) is 21.1 Å². The van der Waals surface area contributed by atoms with Crippen LogP contribution in [0, 0.1) is 5.92 Å². The molecule has 0 amide bonds. The molecule has 0 saturated heterocycles. The van der Waals surface area contributed by atoms with Gasteiger partial charge >= 0.3 is 6.01 Å². The molecule has 180 valence electrons. The van der Waals surface area contributed by atoms with Gasteiger partial charge in [-0.05, 0) is 42.7 Å². The van der Waals surface area contributed by atoms with Crippen molar-refractivity contribution in [3.05, 3.63) is 48.0 Å². The van der Waals surface area contributed by atoms with E-state index in [1.165, 1.54) is 18.1 Å². The monoisotopic (exact) mass is 522 g/mol. The maximum atomic E-state index is 12.6. The Morgan fingerprint density at radius 1 is 1.06 bits per heavy atom. The Kier molecular flexibility index (Phi) is 8.03. The minimum absolute atomic E-state index is 0.0903. The summed E-state index contributed by atoms with van der Waals surface area (Å²) < 4.78 is 41.5. The summed E-state index contributed by atoms with van der Waals surface area (Å²) in [6.45, 7) is 0.668. The second kappa shape index (κ2) is 11.2. The van der Waals surface area contributed by atoms with Crippen LogP contribution in [0.2, 0.25) is 5.02 Å². The third-order valence-electron chi connectivity index (χ3n) is 4.83. The lowest BCUT2D eigenvalue weighted by atomic mass is 10.1. The van der Waals surface area contributed by atoms with Gasteiger partial charge in [-0.2, -0.15) is 13.1 Å². The molecule has 2 N–H and O–H groups in total. The van der Waals surface area contributed by atoms with Gasteiger partial charge in [0.05, 0.1) is 5.56 Å². The van der Waals surface area contributed by atoms with E-state index in [2.05, 4.69) is 29.4 Å². The molecular weight excluding hydrogens is 500 g/mol. The second-order valence-electron chi connectivity index (χ2n) is 7.41. The van der Waals surface area contributed by atoms with Gasteiger partial charge in [0.25, 0.3) is 10.2 Å². The number of halogens is 1. The fraction of sp³-hybridized carbons (Fsp3) is 0.333. The topological polar surface area (TPSA) is 128 Å². The Bertz CT molecular complexity index is 1210. The number of aromatic nitrogens is 4. The number of hydrogen-bond donors (Lipinski definition) is 2. The summed E-state index contributed by atoms with van der Waals surface area (Å²) >= 11 is 7.56.